The second kappa shape index (κ2) is 38.0. The number of nitrogens with two attached hydrogens (primary N) is 1. The topological polar surface area (TPSA) is 543 Å². The van der Waals surface area contributed by atoms with Crippen LogP contribution in [0.3, 0.4) is 0 Å². The lowest BCUT2D eigenvalue weighted by Gasteiger charge is -2.48. The lowest BCUT2D eigenvalue weighted by Crippen LogP contribution is -2.65. The Morgan fingerprint density at radius 2 is 1.25 bits per heavy atom. The number of phenols is 3. The number of aromatic hydroxyl groups is 3. The quantitative estimate of drug-likeness (QED) is 0.0443. The average molecular weight is 1770 g/mol. The first-order valence-corrected chi connectivity index (χ1v) is 40.2. The first kappa shape index (κ1) is 89.8. The number of benzene rings is 8. The van der Waals surface area contributed by atoms with Crippen LogP contribution >= 0.6 is 34.8 Å². The molecule has 7 aliphatic heterocycles. The molecule has 0 saturated carbocycles. The van der Waals surface area contributed by atoms with E-state index < -0.39 is 254 Å². The molecule has 7 heterocycles. The Bertz CT molecular complexity index is 5390. The molecule has 15 rings (SSSR count). The molecule has 0 aliphatic carbocycles. The SMILES string of the molecule is CC(C)C[C@H](NC(=O)OCc1ccccc1)C(=O)N[C@H]1C(=O)N[C@@H](CC(N)=O)C(=O)N[C@H]2C(=O)N[C@H]3C(=O)NC(C(=O)N[C@H](C(=O)O)c4cc(O)cc(O)c4-c4cc3ccc4O)[C@H](O)c3ccc(c(Cl)c3)Oc3cc2cc(c3OC2O[C@H](CO)[C@@H](O)[C@H](O)C2O[C@H]2C[C@](C)(NCc3ccc(-c4ccc(Cl)cc4)cc3)[C@H](O)[C@H](C)O2)Oc2ccc(cc2Cl)[C@H]1O. The Morgan fingerprint density at radius 3 is 1.87 bits per heavy atom. The Labute approximate surface area is 722 Å². The number of carboxylic acid groups (broad SMARTS) is 1. The highest BCUT2D eigenvalue weighted by atomic mass is 35.5. The lowest BCUT2D eigenvalue weighted by atomic mass is 9.84. The molecule has 0 spiro atoms. The summed E-state index contributed by atoms with van der Waals surface area (Å²) in [5.41, 5.74) is 4.67. The fraction of sp³-hybridized carbons (Fsp3) is 0.337. The fourth-order valence-corrected chi connectivity index (χ4v) is 15.8. The van der Waals surface area contributed by atoms with E-state index in [1.165, 1.54) is 6.07 Å². The molecule has 11 bridgehead atoms. The van der Waals surface area contributed by atoms with Gasteiger partial charge in [-0.1, -0.05) is 134 Å². The average Bonchev–Trinajstić information content (AvgIpc) is 0.768. The molecule has 35 nitrogen and oxygen atoms in total. The number of aliphatic hydroxyl groups excluding tert-OH is 6. The molecule has 124 heavy (non-hydrogen) atoms. The maximum atomic E-state index is 16.3. The standard InChI is InChI=1S/C86H88Cl3N9O26/c1-37(2)24-53(93-85(117)118-36-40-8-6-5-7-9-40)77(109)97-68-70(104)44-17-22-57(51(88)26-44)120-59-28-46-29-60(74(59)124-84-75(73(107)72(106)61(35-99)122-84)123-63-33-86(4,76(108)38(3)119-63)91-34-39-10-12-41(13-11-39)42-14-19-47(87)20-15-42)121-58-23-18-45(27-52(58)89)71(105)69-82(114)96-67(83(115)116)50-30-48(100)31-56(102)64(50)49-25-43(16-21-55(49)101)65(79(111)98-69)95-80(112)66(46)94-78(110)54(32-62(90)103)92-81(68)113/h5-23,25-31,37-38,53-54,61,63,65-73,75-76,84,91,99-102,104-108H,24,32-36H2,1-4H3,(H2,90,103)(H,92,113)(H,93,117)(H,94,110)(H,95,112)(H,96,114)(H,97,109)(H,98,111)(H,115,116)/t38-,53-,54-,61+,63-,65+,66+,67-,68+,69?,70+,71+,72+,73-,75?,76+,84?,86-/m0/s1. The molecular formula is C86H88Cl3N9O26. The van der Waals surface area contributed by atoms with Crippen LogP contribution in [-0.2, 0) is 70.5 Å². The number of carboxylic acids is 1. The molecule has 654 valence electrons. The van der Waals surface area contributed by atoms with Crippen molar-refractivity contribution in [3.05, 3.63) is 212 Å². The van der Waals surface area contributed by atoms with Gasteiger partial charge in [0.1, 0.15) is 102 Å². The van der Waals surface area contributed by atoms with Crippen LogP contribution in [0.15, 0.2) is 158 Å². The number of amides is 8. The molecule has 2 saturated heterocycles. The molecule has 0 radical (unpaired) electrons. The number of aliphatic hydroxyl groups is 6. The zero-order valence-electron chi connectivity index (χ0n) is 66.4. The molecular weight excluding hydrogens is 1680 g/mol. The molecule has 18 atom stereocenters. The number of rotatable bonds is 19. The van der Waals surface area contributed by atoms with Gasteiger partial charge in [0.25, 0.3) is 0 Å². The highest BCUT2D eigenvalue weighted by molar-refractivity contribution is 6.32. The second-order valence-corrected chi connectivity index (χ2v) is 32.4. The summed E-state index contributed by atoms with van der Waals surface area (Å²) in [5, 5.41) is 137. The number of hydrogen-bond acceptors (Lipinski definition) is 26. The van der Waals surface area contributed by atoms with Crippen LogP contribution in [0.1, 0.15) is 116 Å². The van der Waals surface area contributed by atoms with Crippen molar-refractivity contribution in [1.82, 2.24) is 42.5 Å². The van der Waals surface area contributed by atoms with E-state index in [2.05, 4.69) is 42.5 Å². The van der Waals surface area contributed by atoms with Gasteiger partial charge in [-0.2, -0.15) is 0 Å². The Hall–Kier alpha value is -11.9. The van der Waals surface area contributed by atoms with Crippen LogP contribution in [0.25, 0.3) is 22.3 Å². The van der Waals surface area contributed by atoms with Gasteiger partial charge in [-0.25, -0.2) is 9.59 Å². The predicted molar refractivity (Wildman–Crippen MR) is 440 cm³/mol. The molecule has 38 heteroatoms. The smallest absolute Gasteiger partial charge is 0.408 e. The summed E-state index contributed by atoms with van der Waals surface area (Å²) in [6.07, 6.45) is -20.5. The highest BCUT2D eigenvalue weighted by Gasteiger charge is 2.52. The van der Waals surface area contributed by atoms with Crippen molar-refractivity contribution in [2.75, 3.05) is 6.61 Å². The summed E-state index contributed by atoms with van der Waals surface area (Å²) in [5.74, 6) is -17.1. The third-order valence-corrected chi connectivity index (χ3v) is 22.6. The molecule has 8 amide bonds. The molecule has 3 unspecified atom stereocenters. The van der Waals surface area contributed by atoms with Crippen molar-refractivity contribution < 1.29 is 127 Å². The van der Waals surface area contributed by atoms with E-state index in [0.717, 1.165) is 89.5 Å². The number of phenolic OH excluding ortho intramolecular Hbond substituents is 3. The van der Waals surface area contributed by atoms with Crippen LogP contribution in [0, 0.1) is 5.92 Å². The van der Waals surface area contributed by atoms with Crippen LogP contribution in [-0.4, -0.2) is 190 Å². The molecule has 2 fully saturated rings. The van der Waals surface area contributed by atoms with Crippen LogP contribution in [0.4, 0.5) is 4.79 Å². The minimum absolute atomic E-state index is 0.112. The number of halogens is 3. The Morgan fingerprint density at radius 1 is 0.637 bits per heavy atom. The summed E-state index contributed by atoms with van der Waals surface area (Å²) in [7, 11) is 0. The van der Waals surface area contributed by atoms with E-state index in [9.17, 15) is 70.2 Å². The predicted octanol–water partition coefficient (Wildman–Crippen LogP) is 5.96. The third kappa shape index (κ3) is 20.1. The first-order valence-electron chi connectivity index (χ1n) is 39.1. The normalized spacial score (nSPS) is 26.0. The third-order valence-electron chi connectivity index (χ3n) is 21.7. The van der Waals surface area contributed by atoms with E-state index in [1.54, 1.807) is 70.2 Å². The van der Waals surface area contributed by atoms with Gasteiger partial charge in [0.05, 0.1) is 35.3 Å². The molecule has 7 aliphatic rings. The molecule has 8 aromatic rings. The van der Waals surface area contributed by atoms with Crippen molar-refractivity contribution in [3.8, 4) is 68.2 Å². The van der Waals surface area contributed by atoms with Crippen LogP contribution < -0.4 is 62.5 Å². The van der Waals surface area contributed by atoms with Gasteiger partial charge in [0.2, 0.25) is 53.4 Å². The van der Waals surface area contributed by atoms with E-state index in [1.807, 2.05) is 36.4 Å². The van der Waals surface area contributed by atoms with Gasteiger partial charge < -0.3 is 132 Å². The number of ether oxygens (including phenoxy) is 7. The molecule has 20 N–H and O–H groups in total. The van der Waals surface area contributed by atoms with Gasteiger partial charge in [-0.3, -0.25) is 33.6 Å². The number of carbonyl (C=O) groups excluding carboxylic acids is 8. The van der Waals surface area contributed by atoms with Crippen molar-refractivity contribution in [2.24, 2.45) is 11.7 Å². The summed E-state index contributed by atoms with van der Waals surface area (Å²) in [6.45, 7) is 5.63. The van der Waals surface area contributed by atoms with Crippen LogP contribution in [0.2, 0.25) is 15.1 Å². The van der Waals surface area contributed by atoms with Crippen molar-refractivity contribution in [2.45, 2.75) is 169 Å². The second-order valence-electron chi connectivity index (χ2n) is 31.1. The van der Waals surface area contributed by atoms with Crippen molar-refractivity contribution >= 4 is 88.2 Å². The minimum atomic E-state index is -2.42. The largest absolute Gasteiger partial charge is 0.508 e. The molecule has 0 aromatic heterocycles. The van der Waals surface area contributed by atoms with Gasteiger partial charge in [-0.05, 0) is 137 Å². The van der Waals surface area contributed by atoms with E-state index >= 15 is 24.0 Å². The lowest BCUT2D eigenvalue weighted by molar-refractivity contribution is -0.334. The number of hydrogen-bond donors (Lipinski definition) is 19. The van der Waals surface area contributed by atoms with Gasteiger partial charge in [0.15, 0.2) is 29.9 Å². The maximum absolute atomic E-state index is 16.3. The van der Waals surface area contributed by atoms with Crippen molar-refractivity contribution in [1.29, 1.82) is 0 Å². The summed E-state index contributed by atoms with van der Waals surface area (Å²) < 4.78 is 45.0. The van der Waals surface area contributed by atoms with Crippen molar-refractivity contribution in [3.63, 3.8) is 0 Å². The monoisotopic (exact) mass is 1770 g/mol. The minimum Gasteiger partial charge on any atom is -0.508 e. The van der Waals surface area contributed by atoms with E-state index in [4.69, 9.17) is 73.7 Å². The van der Waals surface area contributed by atoms with Gasteiger partial charge >= 0.3 is 12.1 Å². The zero-order chi connectivity index (χ0) is 89.0. The Balaban J connectivity index is 0.968. The first-order chi connectivity index (χ1) is 59.0. The maximum Gasteiger partial charge on any atom is 0.408 e. The Kier molecular flexibility index (Phi) is 27.5. The number of aliphatic carboxylic acids is 1. The highest BCUT2D eigenvalue weighted by Crippen LogP contribution is 2.50. The van der Waals surface area contributed by atoms with Gasteiger partial charge in [-0.15, -0.1) is 0 Å². The number of carbonyl (C=O) groups is 9. The number of primary amides is 1. The van der Waals surface area contributed by atoms with Gasteiger partial charge in [0, 0.05) is 46.3 Å². The van der Waals surface area contributed by atoms with Crippen LogP contribution in [0.5, 0.6) is 46.0 Å². The summed E-state index contributed by atoms with van der Waals surface area (Å²) in [6, 6.07) is 21.5. The van der Waals surface area contributed by atoms with E-state index in [-0.39, 0.29) is 48.6 Å². The summed E-state index contributed by atoms with van der Waals surface area (Å²) in [4.78, 5) is 133. The summed E-state index contributed by atoms with van der Waals surface area (Å²) >= 11 is 20.5. The number of alkyl carbamates (subject to hydrolysis) is 1. The zero-order valence-corrected chi connectivity index (χ0v) is 68.6. The number of fused-ring (bicyclic) bond motifs is 15. The number of nitrogens with one attached hydrogen (secondary N) is 8. The fourth-order valence-electron chi connectivity index (χ4n) is 15.2. The molecule has 8 aromatic carbocycles. The van der Waals surface area contributed by atoms with E-state index in [0.29, 0.717) is 10.6 Å².